The van der Waals surface area contributed by atoms with Gasteiger partial charge in [-0.25, -0.2) is 4.98 Å². The molecule has 2 heterocycles. The lowest BCUT2D eigenvalue weighted by atomic mass is 10.2. The highest BCUT2D eigenvalue weighted by atomic mass is 16.3. The average molecular weight is 233 g/mol. The van der Waals surface area contributed by atoms with Crippen LogP contribution in [0.1, 0.15) is 40.7 Å². The summed E-state index contributed by atoms with van der Waals surface area (Å²) in [4.78, 5) is 19.0. The lowest BCUT2D eigenvalue weighted by molar-refractivity contribution is 0.0937. The molecule has 0 aromatic carbocycles. The van der Waals surface area contributed by atoms with E-state index in [1.165, 1.54) is 0 Å². The predicted molar refractivity (Wildman–Crippen MR) is 62.7 cm³/mol. The zero-order valence-corrected chi connectivity index (χ0v) is 10.1. The van der Waals surface area contributed by atoms with Gasteiger partial charge in [0, 0.05) is 12.4 Å². The number of nitrogens with zero attached hydrogens (tertiary/aromatic N) is 1. The van der Waals surface area contributed by atoms with Gasteiger partial charge in [0.1, 0.15) is 17.3 Å². The van der Waals surface area contributed by atoms with Crippen molar-refractivity contribution in [3.63, 3.8) is 0 Å². The van der Waals surface area contributed by atoms with Crippen LogP contribution < -0.4 is 5.32 Å². The molecule has 2 rings (SSSR count). The Kier molecular flexibility index (Phi) is 2.99. The van der Waals surface area contributed by atoms with Gasteiger partial charge in [0.25, 0.3) is 5.91 Å². The van der Waals surface area contributed by atoms with E-state index in [1.54, 1.807) is 25.4 Å². The molecule has 2 N–H and O–H groups in total. The number of aromatic nitrogens is 2. The fourth-order valence-corrected chi connectivity index (χ4v) is 1.71. The molecule has 0 radical (unpaired) electrons. The van der Waals surface area contributed by atoms with Crippen LogP contribution in [-0.4, -0.2) is 15.9 Å². The molecule has 0 saturated heterocycles. The van der Waals surface area contributed by atoms with E-state index in [9.17, 15) is 4.79 Å². The molecule has 90 valence electrons. The van der Waals surface area contributed by atoms with E-state index < -0.39 is 0 Å². The molecule has 0 aliphatic heterocycles. The number of carbonyl (C=O) groups excluding carboxylic acids is 1. The minimum absolute atomic E-state index is 0.150. The molecule has 1 atom stereocenters. The number of imidazole rings is 1. The highest BCUT2D eigenvalue weighted by molar-refractivity contribution is 5.95. The van der Waals surface area contributed by atoms with E-state index in [-0.39, 0.29) is 11.9 Å². The van der Waals surface area contributed by atoms with Crippen molar-refractivity contribution < 1.29 is 9.21 Å². The number of rotatable bonds is 3. The smallest absolute Gasteiger partial charge is 0.255 e. The SMILES string of the molecule is Cc1cc(C(=O)NC(C)c2ncc[nH]2)c(C)o1. The van der Waals surface area contributed by atoms with Crippen molar-refractivity contribution in [3.05, 3.63) is 41.4 Å². The second-order valence-corrected chi connectivity index (χ2v) is 4.00. The topological polar surface area (TPSA) is 70.9 Å². The van der Waals surface area contributed by atoms with Crippen molar-refractivity contribution in [2.75, 3.05) is 0 Å². The molecule has 17 heavy (non-hydrogen) atoms. The Morgan fingerprint density at radius 2 is 2.29 bits per heavy atom. The van der Waals surface area contributed by atoms with Crippen LogP contribution >= 0.6 is 0 Å². The minimum atomic E-state index is -0.160. The van der Waals surface area contributed by atoms with Crippen LogP contribution in [0.15, 0.2) is 22.9 Å². The van der Waals surface area contributed by atoms with Crippen molar-refractivity contribution >= 4 is 5.91 Å². The second-order valence-electron chi connectivity index (χ2n) is 4.00. The number of hydrogen-bond donors (Lipinski definition) is 2. The van der Waals surface area contributed by atoms with Crippen LogP contribution in [0.3, 0.4) is 0 Å². The second kappa shape index (κ2) is 4.45. The van der Waals surface area contributed by atoms with Crippen LogP contribution in [-0.2, 0) is 0 Å². The average Bonchev–Trinajstić information content (AvgIpc) is 2.87. The predicted octanol–water partition coefficient (Wildman–Crippen LogP) is 2.11. The van der Waals surface area contributed by atoms with Crippen LogP contribution in [0.2, 0.25) is 0 Å². The third kappa shape index (κ3) is 2.38. The normalized spacial score (nSPS) is 12.4. The Morgan fingerprint density at radius 3 is 2.82 bits per heavy atom. The zero-order valence-electron chi connectivity index (χ0n) is 10.1. The van der Waals surface area contributed by atoms with Crippen LogP contribution in [0.5, 0.6) is 0 Å². The van der Waals surface area contributed by atoms with Crippen molar-refractivity contribution in [1.82, 2.24) is 15.3 Å². The number of H-pyrrole nitrogens is 1. The summed E-state index contributed by atoms with van der Waals surface area (Å²) in [5.41, 5.74) is 0.570. The number of carbonyl (C=O) groups is 1. The van der Waals surface area contributed by atoms with Gasteiger partial charge in [-0.1, -0.05) is 0 Å². The van der Waals surface area contributed by atoms with Crippen molar-refractivity contribution in [1.29, 1.82) is 0 Å². The molecule has 5 heteroatoms. The maximum absolute atomic E-state index is 12.0. The highest BCUT2D eigenvalue weighted by Gasteiger charge is 2.17. The Labute approximate surface area is 99.2 Å². The molecule has 0 spiro atoms. The summed E-state index contributed by atoms with van der Waals surface area (Å²) in [6.45, 7) is 5.47. The summed E-state index contributed by atoms with van der Waals surface area (Å²) in [6.07, 6.45) is 3.39. The first-order chi connectivity index (χ1) is 8.08. The van der Waals surface area contributed by atoms with E-state index in [0.29, 0.717) is 11.3 Å². The zero-order chi connectivity index (χ0) is 12.4. The molecule has 0 fully saturated rings. The third-order valence-electron chi connectivity index (χ3n) is 2.56. The number of furan rings is 1. The number of aromatic amines is 1. The van der Waals surface area contributed by atoms with Gasteiger partial charge in [0.2, 0.25) is 0 Å². The summed E-state index contributed by atoms with van der Waals surface area (Å²) in [5.74, 6) is 1.95. The Balaban J connectivity index is 2.09. The Hall–Kier alpha value is -2.04. The first-order valence-electron chi connectivity index (χ1n) is 5.45. The minimum Gasteiger partial charge on any atom is -0.466 e. The standard InChI is InChI=1S/C12H15N3O2/c1-7-6-10(9(3)17-7)12(16)15-8(2)11-13-4-5-14-11/h4-6,8H,1-3H3,(H,13,14)(H,15,16). The van der Waals surface area contributed by atoms with Gasteiger partial charge in [-0.05, 0) is 26.8 Å². The van der Waals surface area contributed by atoms with Gasteiger partial charge < -0.3 is 14.7 Å². The van der Waals surface area contributed by atoms with E-state index >= 15 is 0 Å². The molecule has 0 aliphatic carbocycles. The van der Waals surface area contributed by atoms with Crippen molar-refractivity contribution in [2.24, 2.45) is 0 Å². The van der Waals surface area contributed by atoms with Gasteiger partial charge in [-0.2, -0.15) is 0 Å². The van der Waals surface area contributed by atoms with Crippen molar-refractivity contribution in [2.45, 2.75) is 26.8 Å². The first-order valence-corrected chi connectivity index (χ1v) is 5.45. The first kappa shape index (κ1) is 11.4. The molecule has 0 bridgehead atoms. The summed E-state index contributed by atoms with van der Waals surface area (Å²) in [6, 6.07) is 1.58. The molecular formula is C12H15N3O2. The van der Waals surface area contributed by atoms with Gasteiger partial charge in [-0.15, -0.1) is 0 Å². The molecular weight excluding hydrogens is 218 g/mol. The van der Waals surface area contributed by atoms with Gasteiger partial charge >= 0.3 is 0 Å². The number of hydrogen-bond acceptors (Lipinski definition) is 3. The Bertz CT molecular complexity index is 514. The number of nitrogens with one attached hydrogen (secondary N) is 2. The summed E-state index contributed by atoms with van der Waals surface area (Å²) >= 11 is 0. The van der Waals surface area contributed by atoms with E-state index in [2.05, 4.69) is 15.3 Å². The van der Waals surface area contributed by atoms with Gasteiger partial charge in [-0.3, -0.25) is 4.79 Å². The lowest BCUT2D eigenvalue weighted by Gasteiger charge is -2.10. The molecule has 2 aromatic heterocycles. The number of aryl methyl sites for hydroxylation is 2. The summed E-state index contributed by atoms with van der Waals surface area (Å²) < 4.78 is 5.32. The van der Waals surface area contributed by atoms with E-state index in [0.717, 1.165) is 11.6 Å². The fraction of sp³-hybridized carbons (Fsp3) is 0.333. The van der Waals surface area contributed by atoms with E-state index in [4.69, 9.17) is 4.42 Å². The van der Waals surface area contributed by atoms with E-state index in [1.807, 2.05) is 13.8 Å². The molecule has 0 saturated carbocycles. The number of amides is 1. The lowest BCUT2D eigenvalue weighted by Crippen LogP contribution is -2.27. The molecule has 2 aromatic rings. The van der Waals surface area contributed by atoms with Crippen LogP contribution in [0, 0.1) is 13.8 Å². The molecule has 5 nitrogen and oxygen atoms in total. The van der Waals surface area contributed by atoms with Gasteiger partial charge in [0.05, 0.1) is 11.6 Å². The monoisotopic (exact) mass is 233 g/mol. The maximum Gasteiger partial charge on any atom is 0.255 e. The highest BCUT2D eigenvalue weighted by Crippen LogP contribution is 2.15. The third-order valence-corrected chi connectivity index (χ3v) is 2.56. The molecule has 1 amide bonds. The maximum atomic E-state index is 12.0. The summed E-state index contributed by atoms with van der Waals surface area (Å²) in [7, 11) is 0. The molecule has 1 unspecified atom stereocenters. The van der Waals surface area contributed by atoms with Crippen LogP contribution in [0.25, 0.3) is 0 Å². The quantitative estimate of drug-likeness (QED) is 0.852. The van der Waals surface area contributed by atoms with Crippen molar-refractivity contribution in [3.8, 4) is 0 Å². The fourth-order valence-electron chi connectivity index (χ4n) is 1.71. The Morgan fingerprint density at radius 1 is 1.53 bits per heavy atom. The largest absolute Gasteiger partial charge is 0.466 e. The summed E-state index contributed by atoms with van der Waals surface area (Å²) in [5, 5.41) is 2.86. The molecule has 0 aliphatic rings. The van der Waals surface area contributed by atoms with Crippen LogP contribution in [0.4, 0.5) is 0 Å². The van der Waals surface area contributed by atoms with Gasteiger partial charge in [0.15, 0.2) is 0 Å².